The number of rotatable bonds is 3. The normalized spacial score (nSPS) is 19.1. The molecule has 0 aliphatic carbocycles. The first-order valence-electron chi connectivity index (χ1n) is 7.86. The van der Waals surface area contributed by atoms with Crippen LogP contribution >= 0.6 is 23.2 Å². The predicted molar refractivity (Wildman–Crippen MR) is 98.6 cm³/mol. The molecule has 3 nitrogen and oxygen atoms in total. The van der Waals surface area contributed by atoms with E-state index in [1.54, 1.807) is 29.4 Å². The second-order valence-electron chi connectivity index (χ2n) is 5.93. The van der Waals surface area contributed by atoms with Crippen LogP contribution < -0.4 is 0 Å². The van der Waals surface area contributed by atoms with E-state index in [-0.39, 0.29) is 5.91 Å². The lowest BCUT2D eigenvalue weighted by atomic mass is 9.97. The SMILES string of the molecule is O=C1c2ccccc2C(Cl)(c2ccc(Cl)cc2)N1Cc1cccnc1. The summed E-state index contributed by atoms with van der Waals surface area (Å²) in [5.41, 5.74) is 3.13. The van der Waals surface area contributed by atoms with E-state index in [0.717, 1.165) is 16.7 Å². The third kappa shape index (κ3) is 2.60. The molecule has 1 aromatic heterocycles. The van der Waals surface area contributed by atoms with E-state index in [0.29, 0.717) is 17.1 Å². The van der Waals surface area contributed by atoms with Gasteiger partial charge >= 0.3 is 0 Å². The second-order valence-corrected chi connectivity index (χ2v) is 6.91. The molecule has 0 radical (unpaired) electrons. The Labute approximate surface area is 155 Å². The third-order valence-corrected chi connectivity index (χ3v) is 5.30. The van der Waals surface area contributed by atoms with Gasteiger partial charge in [0.15, 0.2) is 5.00 Å². The van der Waals surface area contributed by atoms with Crippen LogP contribution in [0.2, 0.25) is 5.02 Å². The maximum atomic E-state index is 13.1. The van der Waals surface area contributed by atoms with Crippen LogP contribution in [0.1, 0.15) is 27.0 Å². The fourth-order valence-electron chi connectivity index (χ4n) is 3.23. The zero-order valence-electron chi connectivity index (χ0n) is 13.2. The van der Waals surface area contributed by atoms with Crippen LogP contribution in [-0.2, 0) is 11.5 Å². The smallest absolute Gasteiger partial charge is 0.256 e. The zero-order chi connectivity index (χ0) is 17.4. The molecule has 0 fully saturated rings. The number of pyridine rings is 1. The number of alkyl halides is 1. The maximum absolute atomic E-state index is 13.1. The summed E-state index contributed by atoms with van der Waals surface area (Å²) in [4.78, 5) is 17.8. The monoisotopic (exact) mass is 368 g/mol. The minimum Gasteiger partial charge on any atom is -0.307 e. The summed E-state index contributed by atoms with van der Waals surface area (Å²) in [5, 5.41) is 0.625. The molecule has 1 aliphatic rings. The van der Waals surface area contributed by atoms with Crippen molar-refractivity contribution in [2.75, 3.05) is 0 Å². The van der Waals surface area contributed by atoms with E-state index in [1.165, 1.54) is 0 Å². The first kappa shape index (κ1) is 16.1. The zero-order valence-corrected chi connectivity index (χ0v) is 14.7. The van der Waals surface area contributed by atoms with Crippen molar-refractivity contribution in [3.8, 4) is 0 Å². The number of benzene rings is 2. The molecule has 0 saturated carbocycles. The van der Waals surface area contributed by atoms with Gasteiger partial charge in [-0.05, 0) is 35.4 Å². The van der Waals surface area contributed by atoms with Crippen molar-refractivity contribution in [2.24, 2.45) is 0 Å². The van der Waals surface area contributed by atoms with Crippen LogP contribution in [0.15, 0.2) is 73.1 Å². The van der Waals surface area contributed by atoms with Crippen molar-refractivity contribution >= 4 is 29.1 Å². The van der Waals surface area contributed by atoms with Crippen molar-refractivity contribution in [1.82, 2.24) is 9.88 Å². The van der Waals surface area contributed by atoms with Gasteiger partial charge in [-0.25, -0.2) is 0 Å². The summed E-state index contributed by atoms with van der Waals surface area (Å²) < 4.78 is 0. The van der Waals surface area contributed by atoms with Gasteiger partial charge in [-0.3, -0.25) is 9.78 Å². The number of nitrogens with zero attached hydrogens (tertiary/aromatic N) is 2. The van der Waals surface area contributed by atoms with Gasteiger partial charge in [-0.2, -0.15) is 0 Å². The average molecular weight is 369 g/mol. The molecule has 5 heteroatoms. The summed E-state index contributed by atoms with van der Waals surface area (Å²) >= 11 is 13.2. The van der Waals surface area contributed by atoms with Gasteiger partial charge in [-0.15, -0.1) is 0 Å². The van der Waals surface area contributed by atoms with Crippen molar-refractivity contribution in [2.45, 2.75) is 11.5 Å². The first-order chi connectivity index (χ1) is 12.1. The standard InChI is InChI=1S/C20H14Cl2N2O/c21-16-9-7-15(8-10-16)20(22)18-6-2-1-5-17(18)19(25)24(20)13-14-4-3-11-23-12-14/h1-12H,13H2. The van der Waals surface area contributed by atoms with Crippen LogP contribution in [-0.4, -0.2) is 15.8 Å². The lowest BCUT2D eigenvalue weighted by molar-refractivity contribution is 0.0702. The second kappa shape index (κ2) is 6.17. The summed E-state index contributed by atoms with van der Waals surface area (Å²) in [6, 6.07) is 18.5. The number of carbonyl (C=O) groups excluding carboxylic acids is 1. The average Bonchev–Trinajstić information content (AvgIpc) is 2.86. The highest BCUT2D eigenvalue weighted by Gasteiger charge is 2.49. The molecule has 0 bridgehead atoms. The number of amides is 1. The Morgan fingerprint density at radius 3 is 2.48 bits per heavy atom. The molecule has 124 valence electrons. The van der Waals surface area contributed by atoms with E-state index in [9.17, 15) is 4.79 Å². The Kier molecular flexibility index (Phi) is 3.98. The lowest BCUT2D eigenvalue weighted by Gasteiger charge is -2.34. The van der Waals surface area contributed by atoms with Crippen LogP contribution in [0.3, 0.4) is 0 Å². The van der Waals surface area contributed by atoms with Crippen LogP contribution in [0.25, 0.3) is 0 Å². The molecule has 4 rings (SSSR count). The number of aromatic nitrogens is 1. The molecule has 0 spiro atoms. The molecular formula is C20H14Cl2N2O. The van der Waals surface area contributed by atoms with Crippen molar-refractivity contribution in [3.05, 3.63) is 100 Å². The summed E-state index contributed by atoms with van der Waals surface area (Å²) in [6.07, 6.45) is 3.45. The Morgan fingerprint density at radius 2 is 1.76 bits per heavy atom. The molecule has 1 atom stereocenters. The Morgan fingerprint density at radius 1 is 1.00 bits per heavy atom. The van der Waals surface area contributed by atoms with Crippen molar-refractivity contribution in [3.63, 3.8) is 0 Å². The summed E-state index contributed by atoms with van der Waals surface area (Å²) in [7, 11) is 0. The number of carbonyl (C=O) groups is 1. The molecule has 2 heterocycles. The van der Waals surface area contributed by atoms with E-state index >= 15 is 0 Å². The van der Waals surface area contributed by atoms with Gasteiger partial charge in [0.25, 0.3) is 5.91 Å². The largest absolute Gasteiger partial charge is 0.307 e. The highest BCUT2D eigenvalue weighted by atomic mass is 35.5. The van der Waals surface area contributed by atoms with E-state index < -0.39 is 5.00 Å². The predicted octanol–water partition coefficient (Wildman–Crippen LogP) is 4.83. The number of hydrogen-bond acceptors (Lipinski definition) is 2. The Balaban J connectivity index is 1.87. The van der Waals surface area contributed by atoms with Gasteiger partial charge in [-0.1, -0.05) is 59.6 Å². The molecule has 0 N–H and O–H groups in total. The topological polar surface area (TPSA) is 33.2 Å². The fourth-order valence-corrected chi connectivity index (χ4v) is 3.78. The van der Waals surface area contributed by atoms with E-state index in [1.807, 2.05) is 48.5 Å². The van der Waals surface area contributed by atoms with E-state index in [2.05, 4.69) is 4.98 Å². The fraction of sp³-hybridized carbons (Fsp3) is 0.100. The maximum Gasteiger partial charge on any atom is 0.256 e. The van der Waals surface area contributed by atoms with Gasteiger partial charge < -0.3 is 4.90 Å². The molecule has 1 unspecified atom stereocenters. The molecule has 3 aromatic rings. The molecule has 2 aromatic carbocycles. The van der Waals surface area contributed by atoms with Crippen LogP contribution in [0, 0.1) is 0 Å². The number of hydrogen-bond donors (Lipinski definition) is 0. The van der Waals surface area contributed by atoms with Gasteiger partial charge in [0.05, 0.1) is 0 Å². The minimum atomic E-state index is -1.08. The quantitative estimate of drug-likeness (QED) is 0.489. The Bertz CT molecular complexity index is 928. The van der Waals surface area contributed by atoms with Crippen LogP contribution in [0.5, 0.6) is 0 Å². The Hall–Kier alpha value is -2.36. The number of fused-ring (bicyclic) bond motifs is 1. The molecule has 1 aliphatic heterocycles. The van der Waals surface area contributed by atoms with Gasteiger partial charge in [0.1, 0.15) is 0 Å². The highest BCUT2D eigenvalue weighted by Crippen LogP contribution is 2.48. The first-order valence-corrected chi connectivity index (χ1v) is 8.61. The van der Waals surface area contributed by atoms with Crippen molar-refractivity contribution in [1.29, 1.82) is 0 Å². The molecule has 1 amide bonds. The minimum absolute atomic E-state index is 0.0931. The molecule has 0 saturated heterocycles. The highest BCUT2D eigenvalue weighted by molar-refractivity contribution is 6.31. The van der Waals surface area contributed by atoms with Gasteiger partial charge in [0, 0.05) is 35.1 Å². The van der Waals surface area contributed by atoms with Gasteiger partial charge in [0.2, 0.25) is 0 Å². The lowest BCUT2D eigenvalue weighted by Crippen LogP contribution is -2.39. The molecule has 25 heavy (non-hydrogen) atoms. The number of halogens is 2. The molecular weight excluding hydrogens is 355 g/mol. The van der Waals surface area contributed by atoms with Crippen molar-refractivity contribution < 1.29 is 4.79 Å². The van der Waals surface area contributed by atoms with Crippen LogP contribution in [0.4, 0.5) is 0 Å². The van der Waals surface area contributed by atoms with E-state index in [4.69, 9.17) is 23.2 Å². The summed E-state index contributed by atoms with van der Waals surface area (Å²) in [6.45, 7) is 0.369. The summed E-state index contributed by atoms with van der Waals surface area (Å²) in [5.74, 6) is -0.0931. The third-order valence-electron chi connectivity index (χ3n) is 4.42.